The minimum absolute atomic E-state index is 0.186. The van der Waals surface area contributed by atoms with Gasteiger partial charge in [-0.1, -0.05) is 35.9 Å². The monoisotopic (exact) mass is 288 g/mol. The topological polar surface area (TPSA) is 46.5 Å². The summed E-state index contributed by atoms with van der Waals surface area (Å²) in [7, 11) is 1.54. The SMILES string of the molecule is COc1cccc(/C(=C\c2cccc(Cl)c2)C(=O)O)c1. The molecule has 0 aromatic heterocycles. The third kappa shape index (κ3) is 3.39. The van der Waals surface area contributed by atoms with Gasteiger partial charge in [-0.15, -0.1) is 0 Å². The molecule has 0 heterocycles. The van der Waals surface area contributed by atoms with Crippen molar-refractivity contribution < 1.29 is 14.6 Å². The number of methoxy groups -OCH3 is 1. The molecule has 0 bridgehead atoms. The molecule has 0 aliphatic rings. The minimum Gasteiger partial charge on any atom is -0.497 e. The molecular weight excluding hydrogens is 276 g/mol. The molecule has 102 valence electrons. The second-order valence-electron chi connectivity index (χ2n) is 4.15. The van der Waals surface area contributed by atoms with Crippen LogP contribution in [-0.4, -0.2) is 18.2 Å². The fraction of sp³-hybridized carbons (Fsp3) is 0.0625. The first-order valence-corrected chi connectivity index (χ1v) is 6.33. The first-order valence-electron chi connectivity index (χ1n) is 5.95. The molecule has 0 radical (unpaired) electrons. The van der Waals surface area contributed by atoms with Crippen LogP contribution in [0.1, 0.15) is 11.1 Å². The Kier molecular flexibility index (Phi) is 4.43. The van der Waals surface area contributed by atoms with E-state index in [1.165, 1.54) is 0 Å². The van der Waals surface area contributed by atoms with E-state index in [9.17, 15) is 9.90 Å². The van der Waals surface area contributed by atoms with Gasteiger partial charge in [-0.3, -0.25) is 0 Å². The second-order valence-corrected chi connectivity index (χ2v) is 4.59. The normalized spacial score (nSPS) is 11.2. The standard InChI is InChI=1S/C16H13ClO3/c1-20-14-7-3-5-12(10-14)15(16(18)19)9-11-4-2-6-13(17)8-11/h2-10H,1H3,(H,18,19)/b15-9+. The van der Waals surface area contributed by atoms with Crippen LogP contribution in [-0.2, 0) is 4.79 Å². The molecule has 0 saturated carbocycles. The number of halogens is 1. The third-order valence-electron chi connectivity index (χ3n) is 2.77. The maximum Gasteiger partial charge on any atom is 0.336 e. The number of carboxylic acid groups (broad SMARTS) is 1. The van der Waals surface area contributed by atoms with E-state index < -0.39 is 5.97 Å². The van der Waals surface area contributed by atoms with Crippen LogP contribution in [0.3, 0.4) is 0 Å². The summed E-state index contributed by atoms with van der Waals surface area (Å²) in [6, 6.07) is 14.0. The Hall–Kier alpha value is -2.26. The van der Waals surface area contributed by atoms with Crippen LogP contribution >= 0.6 is 11.6 Å². The predicted octanol–water partition coefficient (Wildman–Crippen LogP) is 3.97. The molecule has 0 spiro atoms. The maximum absolute atomic E-state index is 11.4. The molecule has 1 N–H and O–H groups in total. The van der Waals surface area contributed by atoms with Crippen LogP contribution in [0.4, 0.5) is 0 Å². The molecule has 0 amide bonds. The van der Waals surface area contributed by atoms with E-state index in [1.54, 1.807) is 61.7 Å². The van der Waals surface area contributed by atoms with Crippen molar-refractivity contribution in [2.75, 3.05) is 7.11 Å². The van der Waals surface area contributed by atoms with E-state index in [0.717, 1.165) is 5.56 Å². The Morgan fingerprint density at radius 2 is 1.95 bits per heavy atom. The minimum atomic E-state index is -1.00. The van der Waals surface area contributed by atoms with Crippen LogP contribution in [0.5, 0.6) is 5.75 Å². The van der Waals surface area contributed by atoms with Crippen molar-refractivity contribution in [2.24, 2.45) is 0 Å². The molecule has 4 heteroatoms. The van der Waals surface area contributed by atoms with Gasteiger partial charge in [0.15, 0.2) is 0 Å². The lowest BCUT2D eigenvalue weighted by molar-refractivity contribution is -0.130. The number of carboxylic acids is 1. The molecule has 2 rings (SSSR count). The van der Waals surface area contributed by atoms with Crippen molar-refractivity contribution in [3.05, 3.63) is 64.7 Å². The van der Waals surface area contributed by atoms with Crippen molar-refractivity contribution >= 4 is 29.2 Å². The number of hydrogen-bond acceptors (Lipinski definition) is 2. The lowest BCUT2D eigenvalue weighted by atomic mass is 10.0. The molecule has 20 heavy (non-hydrogen) atoms. The van der Waals surface area contributed by atoms with Gasteiger partial charge in [0.1, 0.15) is 5.75 Å². The Morgan fingerprint density at radius 1 is 1.20 bits per heavy atom. The van der Waals surface area contributed by atoms with Crippen LogP contribution in [0.2, 0.25) is 5.02 Å². The van der Waals surface area contributed by atoms with Crippen molar-refractivity contribution in [2.45, 2.75) is 0 Å². The average molecular weight is 289 g/mol. The largest absolute Gasteiger partial charge is 0.497 e. The van der Waals surface area contributed by atoms with Crippen molar-refractivity contribution in [3.63, 3.8) is 0 Å². The van der Waals surface area contributed by atoms with Gasteiger partial charge in [0.2, 0.25) is 0 Å². The Labute approximate surface area is 122 Å². The molecule has 3 nitrogen and oxygen atoms in total. The summed E-state index contributed by atoms with van der Waals surface area (Å²) < 4.78 is 5.11. The molecule has 0 unspecified atom stereocenters. The zero-order valence-electron chi connectivity index (χ0n) is 10.8. The molecule has 2 aromatic carbocycles. The van der Waals surface area contributed by atoms with Gasteiger partial charge >= 0.3 is 5.97 Å². The van der Waals surface area contributed by atoms with E-state index in [0.29, 0.717) is 16.3 Å². The van der Waals surface area contributed by atoms with Gasteiger partial charge in [-0.2, -0.15) is 0 Å². The summed E-state index contributed by atoms with van der Waals surface area (Å²) in [4.78, 5) is 11.4. The first kappa shape index (κ1) is 14.2. The molecular formula is C16H13ClO3. The summed E-state index contributed by atoms with van der Waals surface area (Å²) in [5.74, 6) is -0.390. The van der Waals surface area contributed by atoms with E-state index in [4.69, 9.17) is 16.3 Å². The average Bonchev–Trinajstić information content (AvgIpc) is 2.44. The lowest BCUT2D eigenvalue weighted by Crippen LogP contribution is -2.00. The smallest absolute Gasteiger partial charge is 0.336 e. The van der Waals surface area contributed by atoms with Crippen molar-refractivity contribution in [3.8, 4) is 5.75 Å². The molecule has 2 aromatic rings. The highest BCUT2D eigenvalue weighted by Gasteiger charge is 2.11. The Bertz CT molecular complexity index is 662. The lowest BCUT2D eigenvalue weighted by Gasteiger charge is -2.06. The Balaban J connectivity index is 2.48. The van der Waals surface area contributed by atoms with E-state index >= 15 is 0 Å². The highest BCUT2D eigenvalue weighted by Crippen LogP contribution is 2.23. The fourth-order valence-corrected chi connectivity index (χ4v) is 2.02. The van der Waals surface area contributed by atoms with Crippen LogP contribution < -0.4 is 4.74 Å². The zero-order chi connectivity index (χ0) is 14.5. The molecule has 0 atom stereocenters. The van der Waals surface area contributed by atoms with Crippen molar-refractivity contribution in [1.82, 2.24) is 0 Å². The number of ether oxygens (including phenoxy) is 1. The van der Waals surface area contributed by atoms with Crippen LogP contribution in [0.25, 0.3) is 11.6 Å². The number of rotatable bonds is 4. The summed E-state index contributed by atoms with van der Waals surface area (Å²) in [5, 5.41) is 9.94. The van der Waals surface area contributed by atoms with Crippen LogP contribution in [0.15, 0.2) is 48.5 Å². The number of benzene rings is 2. The summed E-state index contributed by atoms with van der Waals surface area (Å²) in [6.07, 6.45) is 1.59. The molecule has 0 aliphatic heterocycles. The Morgan fingerprint density at radius 3 is 2.60 bits per heavy atom. The summed E-state index contributed by atoms with van der Waals surface area (Å²) >= 11 is 5.90. The van der Waals surface area contributed by atoms with E-state index in [2.05, 4.69) is 0 Å². The zero-order valence-corrected chi connectivity index (χ0v) is 11.6. The summed E-state index contributed by atoms with van der Waals surface area (Å²) in [6.45, 7) is 0. The van der Waals surface area contributed by atoms with E-state index in [1.807, 2.05) is 0 Å². The van der Waals surface area contributed by atoms with Crippen molar-refractivity contribution in [1.29, 1.82) is 0 Å². The second kappa shape index (κ2) is 6.26. The van der Waals surface area contributed by atoms with Crippen LogP contribution in [0, 0.1) is 0 Å². The highest BCUT2D eigenvalue weighted by atomic mass is 35.5. The molecule has 0 aliphatic carbocycles. The third-order valence-corrected chi connectivity index (χ3v) is 3.01. The first-order chi connectivity index (χ1) is 9.60. The van der Waals surface area contributed by atoms with Gasteiger partial charge in [0, 0.05) is 5.02 Å². The maximum atomic E-state index is 11.4. The number of aliphatic carboxylic acids is 1. The highest BCUT2D eigenvalue weighted by molar-refractivity contribution is 6.30. The van der Waals surface area contributed by atoms with Gasteiger partial charge in [0.25, 0.3) is 0 Å². The molecule has 0 fully saturated rings. The van der Waals surface area contributed by atoms with E-state index in [-0.39, 0.29) is 5.57 Å². The van der Waals surface area contributed by atoms with Gasteiger partial charge in [-0.25, -0.2) is 4.79 Å². The van der Waals surface area contributed by atoms with Gasteiger partial charge in [-0.05, 0) is 41.5 Å². The quantitative estimate of drug-likeness (QED) is 0.684. The number of hydrogen-bond donors (Lipinski definition) is 1. The van der Waals surface area contributed by atoms with Gasteiger partial charge in [0.05, 0.1) is 12.7 Å². The number of carbonyl (C=O) groups is 1. The summed E-state index contributed by atoms with van der Waals surface area (Å²) in [5.41, 5.74) is 1.50. The predicted molar refractivity (Wildman–Crippen MR) is 80.0 cm³/mol. The molecule has 0 saturated heterocycles. The fourth-order valence-electron chi connectivity index (χ4n) is 1.82. The van der Waals surface area contributed by atoms with Gasteiger partial charge < -0.3 is 9.84 Å².